The molecule has 1 unspecified atom stereocenters. The minimum atomic E-state index is -3.83. The maximum atomic E-state index is 12.3. The Bertz CT molecular complexity index is 932. The molecule has 150 valence electrons. The quantitative estimate of drug-likeness (QED) is 0.728. The molecule has 0 aromatic heterocycles. The highest BCUT2D eigenvalue weighted by atomic mass is 32.2. The number of hydrogen-bond donors (Lipinski definition) is 2. The Balaban J connectivity index is 1.88. The first-order chi connectivity index (χ1) is 13.2. The summed E-state index contributed by atoms with van der Waals surface area (Å²) in [6.07, 6.45) is -0.700. The van der Waals surface area contributed by atoms with E-state index in [0.29, 0.717) is 5.56 Å². The van der Waals surface area contributed by atoms with Crippen LogP contribution in [0.1, 0.15) is 24.1 Å². The van der Waals surface area contributed by atoms with E-state index in [1.807, 2.05) is 30.3 Å². The highest BCUT2D eigenvalue weighted by molar-refractivity contribution is 7.89. The first kappa shape index (κ1) is 21.4. The van der Waals surface area contributed by atoms with Gasteiger partial charge < -0.3 is 15.0 Å². The lowest BCUT2D eigenvalue weighted by atomic mass is 10.1. The third-order valence-electron chi connectivity index (χ3n) is 4.24. The number of hydrogen-bond acceptors (Lipinski definition) is 5. The van der Waals surface area contributed by atoms with Gasteiger partial charge in [0, 0.05) is 7.05 Å². The number of carbonyl (C=O) groups excluding carboxylic acids is 2. The SMILES string of the molecule is CC(c1cccc(S(N)(=O)=O)c1)N(C)C(=O)CNC(=O)OCc1ccccc1. The first-order valence-electron chi connectivity index (χ1n) is 8.51. The van der Waals surface area contributed by atoms with Gasteiger partial charge in [-0.05, 0) is 30.2 Å². The number of nitrogens with one attached hydrogen (secondary N) is 1. The number of carbonyl (C=O) groups is 2. The van der Waals surface area contributed by atoms with E-state index in [1.165, 1.54) is 17.0 Å². The molecule has 0 aliphatic rings. The van der Waals surface area contributed by atoms with Crippen LogP contribution < -0.4 is 10.5 Å². The Morgan fingerprint density at radius 2 is 1.82 bits per heavy atom. The van der Waals surface area contributed by atoms with Crippen molar-refractivity contribution in [1.29, 1.82) is 0 Å². The van der Waals surface area contributed by atoms with Crippen molar-refractivity contribution >= 4 is 22.0 Å². The van der Waals surface area contributed by atoms with Gasteiger partial charge in [0.1, 0.15) is 13.2 Å². The lowest BCUT2D eigenvalue weighted by molar-refractivity contribution is -0.130. The van der Waals surface area contributed by atoms with Crippen molar-refractivity contribution in [2.45, 2.75) is 24.5 Å². The van der Waals surface area contributed by atoms with Crippen LogP contribution in [0.3, 0.4) is 0 Å². The zero-order valence-corrected chi connectivity index (χ0v) is 16.5. The van der Waals surface area contributed by atoms with Crippen LogP contribution in [0.15, 0.2) is 59.5 Å². The molecule has 9 heteroatoms. The molecule has 8 nitrogen and oxygen atoms in total. The minimum Gasteiger partial charge on any atom is -0.445 e. The number of primary sulfonamides is 1. The lowest BCUT2D eigenvalue weighted by Gasteiger charge is -2.25. The van der Waals surface area contributed by atoms with Crippen molar-refractivity contribution in [2.75, 3.05) is 13.6 Å². The molecule has 0 saturated carbocycles. The normalized spacial score (nSPS) is 12.1. The molecule has 2 aromatic rings. The number of nitrogens with two attached hydrogens (primary N) is 1. The van der Waals surface area contributed by atoms with Crippen LogP contribution in [-0.2, 0) is 26.2 Å². The fourth-order valence-corrected chi connectivity index (χ4v) is 3.01. The van der Waals surface area contributed by atoms with Gasteiger partial charge in [0.05, 0.1) is 10.9 Å². The molecule has 2 amide bonds. The standard InChI is InChI=1S/C19H23N3O5S/c1-14(16-9-6-10-17(11-16)28(20,25)26)22(2)18(23)12-21-19(24)27-13-15-7-4-3-5-8-15/h3-11,14H,12-13H2,1-2H3,(H,21,24)(H2,20,25,26). The zero-order valence-electron chi connectivity index (χ0n) is 15.7. The summed E-state index contributed by atoms with van der Waals surface area (Å²) in [5.74, 6) is -0.356. The van der Waals surface area contributed by atoms with Gasteiger partial charge in [-0.25, -0.2) is 18.4 Å². The second-order valence-corrected chi connectivity index (χ2v) is 7.77. The van der Waals surface area contributed by atoms with Gasteiger partial charge in [-0.2, -0.15) is 0 Å². The summed E-state index contributed by atoms with van der Waals surface area (Å²) >= 11 is 0. The summed E-state index contributed by atoms with van der Waals surface area (Å²) in [6.45, 7) is 1.60. The molecule has 0 aliphatic carbocycles. The molecule has 0 fully saturated rings. The molecule has 0 heterocycles. The molecular weight excluding hydrogens is 382 g/mol. The Morgan fingerprint density at radius 1 is 1.14 bits per heavy atom. The van der Waals surface area contributed by atoms with E-state index in [1.54, 1.807) is 26.1 Å². The van der Waals surface area contributed by atoms with Crippen LogP contribution in [0.2, 0.25) is 0 Å². The molecule has 1 atom stereocenters. The summed E-state index contributed by atoms with van der Waals surface area (Å²) < 4.78 is 28.0. The monoisotopic (exact) mass is 405 g/mol. The number of sulfonamides is 1. The van der Waals surface area contributed by atoms with E-state index in [-0.39, 0.29) is 24.0 Å². The first-order valence-corrected chi connectivity index (χ1v) is 10.1. The molecular formula is C19H23N3O5S. The van der Waals surface area contributed by atoms with Crippen molar-refractivity contribution in [3.8, 4) is 0 Å². The average Bonchev–Trinajstić information content (AvgIpc) is 2.69. The second-order valence-electron chi connectivity index (χ2n) is 6.21. The largest absolute Gasteiger partial charge is 0.445 e. The van der Waals surface area contributed by atoms with E-state index in [0.717, 1.165) is 5.56 Å². The van der Waals surface area contributed by atoms with Crippen molar-refractivity contribution in [1.82, 2.24) is 10.2 Å². The Kier molecular flexibility index (Phi) is 7.13. The van der Waals surface area contributed by atoms with Gasteiger partial charge in [-0.15, -0.1) is 0 Å². The van der Waals surface area contributed by atoms with E-state index in [2.05, 4.69) is 5.32 Å². The molecule has 3 N–H and O–H groups in total. The van der Waals surface area contributed by atoms with Crippen LogP contribution in [0.5, 0.6) is 0 Å². The van der Waals surface area contributed by atoms with Gasteiger partial charge in [0.2, 0.25) is 15.9 Å². The second kappa shape index (κ2) is 9.34. The summed E-state index contributed by atoms with van der Waals surface area (Å²) in [6, 6.07) is 14.8. The summed E-state index contributed by atoms with van der Waals surface area (Å²) in [4.78, 5) is 25.5. The van der Waals surface area contributed by atoms with E-state index < -0.39 is 22.2 Å². The highest BCUT2D eigenvalue weighted by Crippen LogP contribution is 2.21. The van der Waals surface area contributed by atoms with Crippen LogP contribution in [0.4, 0.5) is 4.79 Å². The number of likely N-dealkylation sites (N-methyl/N-ethyl adjacent to an activating group) is 1. The fourth-order valence-electron chi connectivity index (χ4n) is 2.44. The minimum absolute atomic E-state index is 0.0275. The van der Waals surface area contributed by atoms with E-state index in [9.17, 15) is 18.0 Å². The highest BCUT2D eigenvalue weighted by Gasteiger charge is 2.19. The van der Waals surface area contributed by atoms with E-state index in [4.69, 9.17) is 9.88 Å². The van der Waals surface area contributed by atoms with Crippen LogP contribution >= 0.6 is 0 Å². The van der Waals surface area contributed by atoms with Crippen molar-refractivity contribution < 1.29 is 22.7 Å². The molecule has 28 heavy (non-hydrogen) atoms. The van der Waals surface area contributed by atoms with Gasteiger partial charge in [-0.1, -0.05) is 42.5 Å². The number of ether oxygens (including phenoxy) is 1. The molecule has 0 bridgehead atoms. The Morgan fingerprint density at radius 3 is 2.46 bits per heavy atom. The molecule has 0 saturated heterocycles. The molecule has 0 spiro atoms. The van der Waals surface area contributed by atoms with Crippen LogP contribution in [-0.4, -0.2) is 38.9 Å². The number of amides is 2. The number of nitrogens with zero attached hydrogens (tertiary/aromatic N) is 1. The molecule has 0 aliphatic heterocycles. The van der Waals surface area contributed by atoms with Crippen molar-refractivity contribution in [2.24, 2.45) is 5.14 Å². The number of benzene rings is 2. The fraction of sp³-hybridized carbons (Fsp3) is 0.263. The van der Waals surface area contributed by atoms with Crippen molar-refractivity contribution in [3.05, 3.63) is 65.7 Å². The predicted molar refractivity (Wildman–Crippen MR) is 104 cm³/mol. The van der Waals surface area contributed by atoms with Gasteiger partial charge in [0.15, 0.2) is 0 Å². The zero-order chi connectivity index (χ0) is 20.7. The van der Waals surface area contributed by atoms with Crippen LogP contribution in [0.25, 0.3) is 0 Å². The van der Waals surface area contributed by atoms with Crippen molar-refractivity contribution in [3.63, 3.8) is 0 Å². The summed E-state index contributed by atoms with van der Waals surface area (Å²) in [5.41, 5.74) is 1.44. The van der Waals surface area contributed by atoms with Gasteiger partial charge >= 0.3 is 6.09 Å². The summed E-state index contributed by atoms with van der Waals surface area (Å²) in [7, 11) is -2.27. The maximum Gasteiger partial charge on any atom is 0.407 e. The third kappa shape index (κ3) is 6.07. The van der Waals surface area contributed by atoms with E-state index >= 15 is 0 Å². The molecule has 0 radical (unpaired) electrons. The smallest absolute Gasteiger partial charge is 0.407 e. The summed E-state index contributed by atoms with van der Waals surface area (Å²) in [5, 5.41) is 7.55. The number of rotatable bonds is 7. The van der Waals surface area contributed by atoms with Gasteiger partial charge in [0.25, 0.3) is 0 Å². The average molecular weight is 405 g/mol. The van der Waals surface area contributed by atoms with Gasteiger partial charge in [-0.3, -0.25) is 4.79 Å². The topological polar surface area (TPSA) is 119 Å². The molecule has 2 rings (SSSR count). The number of alkyl carbamates (subject to hydrolysis) is 1. The predicted octanol–water partition coefficient (Wildman–Crippen LogP) is 1.78. The molecule has 2 aromatic carbocycles. The Hall–Kier alpha value is -2.91. The Labute approximate surface area is 164 Å². The van der Waals surface area contributed by atoms with Crippen LogP contribution in [0, 0.1) is 0 Å². The maximum absolute atomic E-state index is 12.3. The lowest BCUT2D eigenvalue weighted by Crippen LogP contribution is -2.39. The third-order valence-corrected chi connectivity index (χ3v) is 5.15.